The van der Waals surface area contributed by atoms with Gasteiger partial charge in [0.05, 0.1) is 0 Å². The average molecular weight is 170 g/mol. The summed E-state index contributed by atoms with van der Waals surface area (Å²) in [6.07, 6.45) is 2.57. The lowest BCUT2D eigenvalue weighted by molar-refractivity contribution is -0.118. The maximum absolute atomic E-state index is 10.3. The Morgan fingerprint density at radius 3 is 3.00 bits per heavy atom. The van der Waals surface area contributed by atoms with E-state index in [1.165, 1.54) is 0 Å². The number of carbonyl (C=O) groups excluding carboxylic acids is 1. The van der Waals surface area contributed by atoms with Crippen LogP contribution >= 0.6 is 0 Å². The van der Waals surface area contributed by atoms with Crippen LogP contribution in [-0.2, 0) is 11.2 Å². The van der Waals surface area contributed by atoms with Gasteiger partial charge in [-0.05, 0) is 6.42 Å². The van der Waals surface area contributed by atoms with Crippen molar-refractivity contribution in [2.45, 2.75) is 19.3 Å². The first-order chi connectivity index (χ1) is 5.68. The summed E-state index contributed by atoms with van der Waals surface area (Å²) < 4.78 is 4.83. The van der Waals surface area contributed by atoms with Gasteiger partial charge in [-0.15, -0.1) is 0 Å². The minimum atomic E-state index is -0.342. The van der Waals surface area contributed by atoms with Gasteiger partial charge in [-0.1, -0.05) is 0 Å². The molecular formula is C7H10N2O3. The van der Waals surface area contributed by atoms with E-state index in [1.54, 1.807) is 0 Å². The molecule has 5 heteroatoms. The van der Waals surface area contributed by atoms with Crippen LogP contribution in [0.2, 0.25) is 0 Å². The van der Waals surface area contributed by atoms with Gasteiger partial charge in [0, 0.05) is 12.8 Å². The maximum atomic E-state index is 10.3. The predicted octanol–water partition coefficient (Wildman–Crippen LogP) is 0.188. The molecule has 0 aliphatic rings. The fourth-order valence-corrected chi connectivity index (χ4v) is 0.830. The molecule has 1 amide bonds. The number of aryl methyl sites for hydroxylation is 1. The molecule has 66 valence electrons. The number of aromatic hydroxyl groups is 1. The second-order valence-electron chi connectivity index (χ2n) is 2.42. The molecule has 0 aromatic carbocycles. The van der Waals surface area contributed by atoms with Crippen LogP contribution in [0.25, 0.3) is 0 Å². The number of nitrogens with zero attached hydrogens (tertiary/aromatic N) is 1. The lowest BCUT2D eigenvalue weighted by Crippen LogP contribution is -2.10. The Hall–Kier alpha value is -1.52. The van der Waals surface area contributed by atoms with E-state index in [-0.39, 0.29) is 11.8 Å². The van der Waals surface area contributed by atoms with Crippen LogP contribution in [0, 0.1) is 0 Å². The second-order valence-corrected chi connectivity index (χ2v) is 2.42. The number of aromatic nitrogens is 1. The van der Waals surface area contributed by atoms with E-state index in [2.05, 4.69) is 4.98 Å². The molecule has 12 heavy (non-hydrogen) atoms. The largest absolute Gasteiger partial charge is 0.491 e. The molecule has 0 aliphatic carbocycles. The standard InChI is InChI=1S/C7H10N2O3/c8-5(10)2-1-3-7-9-6(11)4-12-7/h4,11H,1-3H2,(H2,8,10). The van der Waals surface area contributed by atoms with Gasteiger partial charge in [-0.25, -0.2) is 0 Å². The van der Waals surface area contributed by atoms with Crippen molar-refractivity contribution in [3.05, 3.63) is 12.2 Å². The zero-order valence-electron chi connectivity index (χ0n) is 6.49. The van der Waals surface area contributed by atoms with Crippen molar-refractivity contribution in [1.82, 2.24) is 4.98 Å². The van der Waals surface area contributed by atoms with Crippen molar-refractivity contribution < 1.29 is 14.3 Å². The molecule has 0 saturated heterocycles. The topological polar surface area (TPSA) is 89.4 Å². The molecule has 0 spiro atoms. The third-order valence-corrected chi connectivity index (χ3v) is 1.35. The van der Waals surface area contributed by atoms with Gasteiger partial charge in [0.25, 0.3) is 0 Å². The Balaban J connectivity index is 2.29. The number of carbonyl (C=O) groups is 1. The first-order valence-electron chi connectivity index (χ1n) is 3.60. The van der Waals surface area contributed by atoms with Crippen LogP contribution in [0.4, 0.5) is 0 Å². The van der Waals surface area contributed by atoms with Gasteiger partial charge >= 0.3 is 0 Å². The Morgan fingerprint density at radius 2 is 2.50 bits per heavy atom. The van der Waals surface area contributed by atoms with Crippen molar-refractivity contribution in [2.24, 2.45) is 5.73 Å². The summed E-state index contributed by atoms with van der Waals surface area (Å²) in [4.78, 5) is 14.0. The number of primary amides is 1. The number of rotatable bonds is 4. The molecule has 5 nitrogen and oxygen atoms in total. The summed E-state index contributed by atoms with van der Waals surface area (Å²) in [5.41, 5.74) is 4.92. The first-order valence-corrected chi connectivity index (χ1v) is 3.60. The smallest absolute Gasteiger partial charge is 0.250 e. The molecule has 1 aromatic rings. The third kappa shape index (κ3) is 2.61. The van der Waals surface area contributed by atoms with E-state index in [4.69, 9.17) is 15.3 Å². The minimum Gasteiger partial charge on any atom is -0.491 e. The number of hydrogen-bond donors (Lipinski definition) is 2. The lowest BCUT2D eigenvalue weighted by atomic mass is 10.2. The number of nitrogens with two attached hydrogens (primary N) is 1. The van der Waals surface area contributed by atoms with Gasteiger partial charge in [0.15, 0.2) is 12.2 Å². The molecule has 0 saturated carbocycles. The molecule has 0 bridgehead atoms. The van der Waals surface area contributed by atoms with Crippen molar-refractivity contribution in [3.8, 4) is 5.88 Å². The van der Waals surface area contributed by atoms with E-state index < -0.39 is 0 Å². The maximum Gasteiger partial charge on any atom is 0.250 e. The highest BCUT2D eigenvalue weighted by Crippen LogP contribution is 2.09. The predicted molar refractivity (Wildman–Crippen MR) is 40.3 cm³/mol. The van der Waals surface area contributed by atoms with E-state index >= 15 is 0 Å². The normalized spacial score (nSPS) is 10.0. The van der Waals surface area contributed by atoms with Gasteiger partial charge in [-0.2, -0.15) is 4.98 Å². The van der Waals surface area contributed by atoms with E-state index in [9.17, 15) is 4.79 Å². The summed E-state index contributed by atoms with van der Waals surface area (Å²) in [5.74, 6) is -0.0522. The Bertz CT molecular complexity index is 269. The fourth-order valence-electron chi connectivity index (χ4n) is 0.830. The quantitative estimate of drug-likeness (QED) is 0.674. The second kappa shape index (κ2) is 3.75. The van der Waals surface area contributed by atoms with Crippen molar-refractivity contribution in [2.75, 3.05) is 0 Å². The minimum absolute atomic E-state index is 0.135. The van der Waals surface area contributed by atoms with Gasteiger partial charge in [-0.3, -0.25) is 4.79 Å². The highest BCUT2D eigenvalue weighted by atomic mass is 16.4. The van der Waals surface area contributed by atoms with E-state index in [0.717, 1.165) is 6.26 Å². The molecule has 1 rings (SSSR count). The monoisotopic (exact) mass is 170 g/mol. The van der Waals surface area contributed by atoms with Crippen LogP contribution < -0.4 is 5.73 Å². The molecule has 0 atom stereocenters. The summed E-state index contributed by atoms with van der Waals surface area (Å²) in [7, 11) is 0. The summed E-state index contributed by atoms with van der Waals surface area (Å²) in [6.45, 7) is 0. The van der Waals surface area contributed by atoms with Gasteiger partial charge < -0.3 is 15.3 Å². The molecule has 1 heterocycles. The van der Waals surface area contributed by atoms with Crippen LogP contribution in [0.5, 0.6) is 5.88 Å². The molecular weight excluding hydrogens is 160 g/mol. The Kier molecular flexibility index (Phi) is 2.68. The highest BCUT2D eigenvalue weighted by Gasteiger charge is 2.02. The van der Waals surface area contributed by atoms with Gasteiger partial charge in [0.2, 0.25) is 11.8 Å². The van der Waals surface area contributed by atoms with Crippen LogP contribution in [0.15, 0.2) is 10.7 Å². The zero-order valence-corrected chi connectivity index (χ0v) is 6.49. The number of hydrogen-bond acceptors (Lipinski definition) is 4. The summed E-state index contributed by atoms with van der Waals surface area (Å²) in [5, 5.41) is 8.77. The summed E-state index contributed by atoms with van der Waals surface area (Å²) >= 11 is 0. The average Bonchev–Trinajstić information content (AvgIpc) is 2.35. The number of oxazole rings is 1. The van der Waals surface area contributed by atoms with Crippen molar-refractivity contribution in [1.29, 1.82) is 0 Å². The Labute approximate surface area is 69.2 Å². The molecule has 0 radical (unpaired) electrons. The fraction of sp³-hybridized carbons (Fsp3) is 0.429. The summed E-state index contributed by atoms with van der Waals surface area (Å²) in [6, 6.07) is 0. The van der Waals surface area contributed by atoms with Crippen molar-refractivity contribution >= 4 is 5.91 Å². The first kappa shape index (κ1) is 8.58. The third-order valence-electron chi connectivity index (χ3n) is 1.35. The molecule has 0 unspecified atom stereocenters. The molecule has 0 aliphatic heterocycles. The van der Waals surface area contributed by atoms with Crippen LogP contribution in [0.3, 0.4) is 0 Å². The zero-order chi connectivity index (χ0) is 8.97. The SMILES string of the molecule is NC(=O)CCCc1nc(O)co1. The van der Waals surface area contributed by atoms with Crippen LogP contribution in [-0.4, -0.2) is 16.0 Å². The molecule has 1 aromatic heterocycles. The van der Waals surface area contributed by atoms with E-state index in [1.807, 2.05) is 0 Å². The van der Waals surface area contributed by atoms with Crippen LogP contribution in [0.1, 0.15) is 18.7 Å². The molecule has 0 fully saturated rings. The van der Waals surface area contributed by atoms with Crippen molar-refractivity contribution in [3.63, 3.8) is 0 Å². The van der Waals surface area contributed by atoms with Gasteiger partial charge in [0.1, 0.15) is 0 Å². The number of amides is 1. The molecule has 3 N–H and O–H groups in total. The Morgan fingerprint density at radius 1 is 1.75 bits per heavy atom. The van der Waals surface area contributed by atoms with E-state index in [0.29, 0.717) is 25.2 Å². The lowest BCUT2D eigenvalue weighted by Gasteiger charge is -1.91. The highest BCUT2D eigenvalue weighted by molar-refractivity contribution is 5.73.